The number of carbonyl (C=O) groups excluding carboxylic acids is 1. The van der Waals surface area contributed by atoms with Crippen molar-refractivity contribution in [1.82, 2.24) is 4.90 Å². The SMILES string of the molecule is C.[C-]#[N+]c1ccc(N2CCN(C(=O)COC3CCN(c4ccc([N+](=O)[O-])c(C(F)(F)F)c4)CC3)CC2)cc1C(F)(F)F. The van der Waals surface area contributed by atoms with Crippen molar-refractivity contribution in [2.45, 2.75) is 38.7 Å². The molecule has 0 spiro atoms. The summed E-state index contributed by atoms with van der Waals surface area (Å²) in [5.41, 5.74) is -3.28. The standard InChI is InChI=1S/C26H25F6N5O4.CH4/c1-33-22-4-2-17(14-20(22)25(27,28)29)35-10-12-36(13-11-35)24(38)16-41-19-6-8-34(9-7-19)18-3-5-23(37(39)40)21(15-18)26(30,31)32;/h2-5,14-15,19H,6-13,16H2;1H4. The first-order valence-corrected chi connectivity index (χ1v) is 12.6. The second-order valence-corrected chi connectivity index (χ2v) is 9.63. The first-order chi connectivity index (χ1) is 19.3. The van der Waals surface area contributed by atoms with Gasteiger partial charge in [0, 0.05) is 56.7 Å². The monoisotopic (exact) mass is 601 g/mol. The van der Waals surface area contributed by atoms with Gasteiger partial charge in [0.25, 0.3) is 5.69 Å². The van der Waals surface area contributed by atoms with Crippen molar-refractivity contribution in [2.75, 3.05) is 55.7 Å². The molecule has 2 aromatic carbocycles. The van der Waals surface area contributed by atoms with Crippen LogP contribution in [0.2, 0.25) is 0 Å². The lowest BCUT2D eigenvalue weighted by atomic mass is 10.1. The van der Waals surface area contributed by atoms with Crippen LogP contribution in [0.5, 0.6) is 0 Å². The third kappa shape index (κ3) is 7.41. The Morgan fingerprint density at radius 1 is 0.905 bits per heavy atom. The Balaban J connectivity index is 0.00000484. The molecule has 2 aliphatic rings. The van der Waals surface area contributed by atoms with Crippen LogP contribution in [-0.4, -0.2) is 67.7 Å². The number of piperazine rings is 1. The van der Waals surface area contributed by atoms with Gasteiger partial charge < -0.3 is 19.4 Å². The Hall–Kier alpha value is -4.06. The molecule has 4 rings (SSSR count). The lowest BCUT2D eigenvalue weighted by Gasteiger charge is -2.37. The highest BCUT2D eigenvalue weighted by Gasteiger charge is 2.39. The number of piperidine rings is 1. The maximum absolute atomic E-state index is 13.3. The molecule has 228 valence electrons. The lowest BCUT2D eigenvalue weighted by molar-refractivity contribution is -0.388. The van der Waals surface area contributed by atoms with Gasteiger partial charge in [-0.3, -0.25) is 14.9 Å². The molecule has 0 aliphatic carbocycles. The number of anilines is 2. The molecule has 2 aliphatic heterocycles. The Morgan fingerprint density at radius 2 is 1.43 bits per heavy atom. The second kappa shape index (κ2) is 12.8. The fourth-order valence-corrected chi connectivity index (χ4v) is 4.93. The van der Waals surface area contributed by atoms with Crippen molar-refractivity contribution in [3.63, 3.8) is 0 Å². The van der Waals surface area contributed by atoms with Gasteiger partial charge in [0.1, 0.15) is 12.2 Å². The fourth-order valence-electron chi connectivity index (χ4n) is 4.93. The van der Waals surface area contributed by atoms with Crippen LogP contribution in [0.1, 0.15) is 31.4 Å². The van der Waals surface area contributed by atoms with Crippen molar-refractivity contribution in [1.29, 1.82) is 0 Å². The van der Waals surface area contributed by atoms with E-state index in [2.05, 4.69) is 4.85 Å². The summed E-state index contributed by atoms with van der Waals surface area (Å²) in [6, 6.07) is 6.43. The van der Waals surface area contributed by atoms with Crippen molar-refractivity contribution >= 4 is 28.7 Å². The number of nitro groups is 1. The van der Waals surface area contributed by atoms with Crippen molar-refractivity contribution in [3.05, 3.63) is 69.1 Å². The molecule has 42 heavy (non-hydrogen) atoms. The molecule has 15 heteroatoms. The summed E-state index contributed by atoms with van der Waals surface area (Å²) in [5, 5.41) is 11.0. The third-order valence-corrected chi connectivity index (χ3v) is 7.14. The predicted molar refractivity (Wildman–Crippen MR) is 143 cm³/mol. The zero-order chi connectivity index (χ0) is 29.9. The first kappa shape index (κ1) is 32.5. The summed E-state index contributed by atoms with van der Waals surface area (Å²) >= 11 is 0. The largest absolute Gasteiger partial charge is 0.423 e. The van der Waals surface area contributed by atoms with E-state index in [1.54, 1.807) is 14.7 Å². The van der Waals surface area contributed by atoms with Crippen LogP contribution < -0.4 is 9.80 Å². The number of amides is 1. The van der Waals surface area contributed by atoms with E-state index in [0.717, 1.165) is 24.3 Å². The van der Waals surface area contributed by atoms with Crippen molar-refractivity contribution in [3.8, 4) is 0 Å². The number of hydrogen-bond donors (Lipinski definition) is 0. The maximum Gasteiger partial charge on any atom is 0.423 e. The highest BCUT2D eigenvalue weighted by molar-refractivity contribution is 5.78. The van der Waals surface area contributed by atoms with Gasteiger partial charge in [-0.2, -0.15) is 26.3 Å². The molecule has 0 aromatic heterocycles. The van der Waals surface area contributed by atoms with Gasteiger partial charge in [-0.25, -0.2) is 4.85 Å². The Labute approximate surface area is 238 Å². The number of nitro benzene ring substituents is 1. The molecule has 2 saturated heterocycles. The molecule has 0 unspecified atom stereocenters. The van der Waals surface area contributed by atoms with Crippen molar-refractivity contribution in [2.24, 2.45) is 0 Å². The average molecular weight is 602 g/mol. The Morgan fingerprint density at radius 3 is 1.95 bits per heavy atom. The molecule has 0 N–H and O–H groups in total. The molecule has 2 aromatic rings. The van der Waals surface area contributed by atoms with Crippen LogP contribution in [-0.2, 0) is 21.9 Å². The van der Waals surface area contributed by atoms with Gasteiger partial charge in [0.15, 0.2) is 5.69 Å². The quantitative estimate of drug-likeness (QED) is 0.171. The molecule has 0 saturated carbocycles. The average Bonchev–Trinajstić information content (AvgIpc) is 2.94. The molecule has 2 heterocycles. The number of alkyl halides is 6. The normalized spacial score (nSPS) is 16.5. The smallest absolute Gasteiger partial charge is 0.371 e. The summed E-state index contributed by atoms with van der Waals surface area (Å²) in [4.78, 5) is 30.5. The summed E-state index contributed by atoms with van der Waals surface area (Å²) in [6.07, 6.45) is -8.97. The summed E-state index contributed by atoms with van der Waals surface area (Å²) < 4.78 is 85.6. The van der Waals surface area contributed by atoms with E-state index in [1.165, 1.54) is 12.1 Å². The zero-order valence-electron chi connectivity index (χ0n) is 21.5. The van der Waals surface area contributed by atoms with E-state index in [9.17, 15) is 41.3 Å². The molecule has 0 bridgehead atoms. The van der Waals surface area contributed by atoms with E-state index < -0.39 is 39.8 Å². The van der Waals surface area contributed by atoms with E-state index in [0.29, 0.717) is 44.7 Å². The van der Waals surface area contributed by atoms with Gasteiger partial charge >= 0.3 is 12.4 Å². The van der Waals surface area contributed by atoms with Gasteiger partial charge in [-0.15, -0.1) is 0 Å². The van der Waals surface area contributed by atoms with Gasteiger partial charge in [-0.05, 0) is 37.1 Å². The number of rotatable bonds is 6. The van der Waals surface area contributed by atoms with Crippen LogP contribution in [0.15, 0.2) is 36.4 Å². The van der Waals surface area contributed by atoms with Gasteiger partial charge in [-0.1, -0.05) is 13.5 Å². The van der Waals surface area contributed by atoms with Gasteiger partial charge in [0.2, 0.25) is 5.91 Å². The Kier molecular flexibility index (Phi) is 9.93. The third-order valence-electron chi connectivity index (χ3n) is 7.14. The molecule has 0 atom stereocenters. The van der Waals surface area contributed by atoms with Crippen LogP contribution in [0.4, 0.5) is 49.1 Å². The molecular weight excluding hydrogens is 572 g/mol. The number of hydrogen-bond acceptors (Lipinski definition) is 6. The number of benzene rings is 2. The number of nitrogens with zero attached hydrogens (tertiary/aromatic N) is 5. The minimum absolute atomic E-state index is 0. The predicted octanol–water partition coefficient (Wildman–Crippen LogP) is 6.15. The topological polar surface area (TPSA) is 83.5 Å². The van der Waals surface area contributed by atoms with E-state index in [1.807, 2.05) is 0 Å². The molecule has 2 fully saturated rings. The maximum atomic E-state index is 13.3. The first-order valence-electron chi connectivity index (χ1n) is 12.6. The van der Waals surface area contributed by atoms with Crippen LogP contribution >= 0.6 is 0 Å². The van der Waals surface area contributed by atoms with Crippen LogP contribution in [0, 0.1) is 16.7 Å². The molecule has 1 amide bonds. The minimum atomic E-state index is -4.87. The number of halogens is 6. The summed E-state index contributed by atoms with van der Waals surface area (Å²) in [6.45, 7) is 8.56. The highest BCUT2D eigenvalue weighted by atomic mass is 19.4. The molecule has 9 nitrogen and oxygen atoms in total. The molecular formula is C27H29F6N5O4. The molecule has 0 radical (unpaired) electrons. The lowest BCUT2D eigenvalue weighted by Crippen LogP contribution is -2.50. The van der Waals surface area contributed by atoms with Gasteiger partial charge in [0.05, 0.1) is 23.2 Å². The van der Waals surface area contributed by atoms with E-state index in [4.69, 9.17) is 11.3 Å². The number of ether oxygens (including phenoxy) is 1. The van der Waals surface area contributed by atoms with Crippen LogP contribution in [0.25, 0.3) is 4.85 Å². The number of carbonyl (C=O) groups is 1. The summed E-state index contributed by atoms with van der Waals surface area (Å²) in [7, 11) is 0. The van der Waals surface area contributed by atoms with E-state index in [-0.39, 0.29) is 44.8 Å². The Bertz CT molecular complexity index is 1330. The highest BCUT2D eigenvalue weighted by Crippen LogP contribution is 2.40. The van der Waals surface area contributed by atoms with Crippen LogP contribution in [0.3, 0.4) is 0 Å². The van der Waals surface area contributed by atoms with Crippen molar-refractivity contribution < 1.29 is 40.8 Å². The minimum Gasteiger partial charge on any atom is -0.371 e. The zero-order valence-corrected chi connectivity index (χ0v) is 21.5. The summed E-state index contributed by atoms with van der Waals surface area (Å²) in [5.74, 6) is -0.281. The van der Waals surface area contributed by atoms with E-state index >= 15 is 0 Å². The fraction of sp³-hybridized carbons (Fsp3) is 0.481. The second-order valence-electron chi connectivity index (χ2n) is 9.63.